The van der Waals surface area contributed by atoms with Gasteiger partial charge in [-0.2, -0.15) is 0 Å². The fraction of sp³-hybridized carbons (Fsp3) is 0.538. The number of rotatable bonds is 2. The summed E-state index contributed by atoms with van der Waals surface area (Å²) in [6, 6.07) is 7.77. The van der Waals surface area contributed by atoms with Crippen molar-refractivity contribution >= 4 is 9.24 Å². The topological polar surface area (TPSA) is 43.7 Å². The summed E-state index contributed by atoms with van der Waals surface area (Å²) in [6.45, 7) is 3.35. The van der Waals surface area contributed by atoms with Crippen LogP contribution in [0.5, 0.6) is 0 Å². The van der Waals surface area contributed by atoms with E-state index in [0.29, 0.717) is 13.0 Å². The maximum absolute atomic E-state index is 10.6. The van der Waals surface area contributed by atoms with Crippen LogP contribution in [-0.4, -0.2) is 40.6 Å². The first kappa shape index (κ1) is 13.0. The van der Waals surface area contributed by atoms with Gasteiger partial charge in [0.2, 0.25) is 0 Å². The SMILES string of the molecule is Cc1ccc(C2(O)CCN(CP)CC2O)cc1. The molecule has 0 spiro atoms. The molecule has 3 atom stereocenters. The van der Waals surface area contributed by atoms with Gasteiger partial charge in [0.1, 0.15) is 5.60 Å². The maximum atomic E-state index is 10.6. The second-order valence-corrected chi connectivity index (χ2v) is 5.18. The van der Waals surface area contributed by atoms with E-state index in [0.717, 1.165) is 24.0 Å². The van der Waals surface area contributed by atoms with Crippen molar-refractivity contribution in [3.05, 3.63) is 35.4 Å². The van der Waals surface area contributed by atoms with Crippen molar-refractivity contribution in [2.45, 2.75) is 25.0 Å². The molecular weight excluding hydrogens is 233 g/mol. The number of piperidine rings is 1. The quantitative estimate of drug-likeness (QED) is 0.775. The molecule has 0 amide bonds. The summed E-state index contributed by atoms with van der Waals surface area (Å²) in [5.41, 5.74) is 0.887. The highest BCUT2D eigenvalue weighted by atomic mass is 31.0. The normalized spacial score (nSPS) is 30.5. The van der Waals surface area contributed by atoms with E-state index in [1.165, 1.54) is 0 Å². The summed E-state index contributed by atoms with van der Waals surface area (Å²) >= 11 is 0. The number of hydrogen-bond donors (Lipinski definition) is 2. The molecule has 3 nitrogen and oxygen atoms in total. The minimum Gasteiger partial charge on any atom is -0.388 e. The van der Waals surface area contributed by atoms with Crippen molar-refractivity contribution in [2.75, 3.05) is 19.4 Å². The number of benzene rings is 1. The highest BCUT2D eigenvalue weighted by Crippen LogP contribution is 2.33. The molecule has 1 aromatic carbocycles. The van der Waals surface area contributed by atoms with Crippen molar-refractivity contribution in [1.29, 1.82) is 0 Å². The van der Waals surface area contributed by atoms with E-state index < -0.39 is 11.7 Å². The molecule has 2 rings (SSSR count). The van der Waals surface area contributed by atoms with E-state index in [2.05, 4.69) is 14.1 Å². The Balaban J connectivity index is 2.21. The Bertz CT molecular complexity index is 382. The molecule has 0 aromatic heterocycles. The van der Waals surface area contributed by atoms with Crippen LogP contribution in [0, 0.1) is 6.92 Å². The molecular formula is C13H20NO2P. The van der Waals surface area contributed by atoms with Gasteiger partial charge < -0.3 is 10.2 Å². The summed E-state index contributed by atoms with van der Waals surface area (Å²) in [5, 5.41) is 20.8. The largest absolute Gasteiger partial charge is 0.388 e. The number of likely N-dealkylation sites (tertiary alicyclic amines) is 1. The van der Waals surface area contributed by atoms with Gasteiger partial charge in [-0.25, -0.2) is 0 Å². The number of aliphatic hydroxyl groups excluding tert-OH is 1. The van der Waals surface area contributed by atoms with E-state index in [1.807, 2.05) is 31.2 Å². The average Bonchev–Trinajstić information content (AvgIpc) is 2.33. The van der Waals surface area contributed by atoms with Crippen molar-refractivity contribution in [2.24, 2.45) is 0 Å². The minimum atomic E-state index is -1.09. The number of aryl methyl sites for hydroxylation is 1. The molecule has 0 radical (unpaired) electrons. The lowest BCUT2D eigenvalue weighted by Gasteiger charge is -2.42. The van der Waals surface area contributed by atoms with E-state index >= 15 is 0 Å². The molecule has 17 heavy (non-hydrogen) atoms. The highest BCUT2D eigenvalue weighted by Gasteiger charge is 2.41. The molecule has 0 bridgehead atoms. The van der Waals surface area contributed by atoms with Gasteiger partial charge in [-0.1, -0.05) is 29.8 Å². The molecule has 1 aromatic rings. The zero-order valence-electron chi connectivity index (χ0n) is 10.1. The molecule has 1 aliphatic heterocycles. The van der Waals surface area contributed by atoms with E-state index in [4.69, 9.17) is 0 Å². The molecule has 94 valence electrons. The molecule has 0 saturated carbocycles. The minimum absolute atomic E-state index is 0.522. The number of nitrogens with zero attached hydrogens (tertiary/aromatic N) is 1. The Kier molecular flexibility index (Phi) is 3.84. The summed E-state index contributed by atoms with van der Waals surface area (Å²) in [5.74, 6) is 0. The number of β-amino-alcohol motifs (C(OH)–C–C–N with tert-alkyl or cyclic N) is 1. The molecule has 1 heterocycles. The number of hydrogen-bond acceptors (Lipinski definition) is 3. The Labute approximate surface area is 105 Å². The van der Waals surface area contributed by atoms with Gasteiger partial charge >= 0.3 is 0 Å². The molecule has 1 aliphatic rings. The second kappa shape index (κ2) is 5.03. The molecule has 2 N–H and O–H groups in total. The molecule has 4 heteroatoms. The van der Waals surface area contributed by atoms with Crippen LogP contribution < -0.4 is 0 Å². The van der Waals surface area contributed by atoms with Crippen LogP contribution in [0.2, 0.25) is 0 Å². The fourth-order valence-electron chi connectivity index (χ4n) is 2.33. The van der Waals surface area contributed by atoms with Crippen LogP contribution >= 0.6 is 9.24 Å². The summed E-state index contributed by atoms with van der Waals surface area (Å²) in [4.78, 5) is 2.12. The lowest BCUT2D eigenvalue weighted by molar-refractivity contribution is -0.121. The molecule has 1 saturated heterocycles. The van der Waals surface area contributed by atoms with Crippen molar-refractivity contribution in [3.63, 3.8) is 0 Å². The smallest absolute Gasteiger partial charge is 0.118 e. The fourth-order valence-corrected chi connectivity index (χ4v) is 2.66. The van der Waals surface area contributed by atoms with Gasteiger partial charge in [0.25, 0.3) is 0 Å². The van der Waals surface area contributed by atoms with Crippen LogP contribution in [0.3, 0.4) is 0 Å². The Morgan fingerprint density at radius 2 is 2.06 bits per heavy atom. The van der Waals surface area contributed by atoms with Gasteiger partial charge in [-0.3, -0.25) is 4.90 Å². The lowest BCUT2D eigenvalue weighted by atomic mass is 9.82. The van der Waals surface area contributed by atoms with E-state index in [-0.39, 0.29) is 0 Å². The third-order valence-corrected chi connectivity index (χ3v) is 4.12. The van der Waals surface area contributed by atoms with Crippen molar-refractivity contribution in [1.82, 2.24) is 4.90 Å². The summed E-state index contributed by atoms with van der Waals surface area (Å²) in [7, 11) is 2.65. The first-order chi connectivity index (χ1) is 8.06. The van der Waals surface area contributed by atoms with Crippen LogP contribution in [0.25, 0.3) is 0 Å². The van der Waals surface area contributed by atoms with E-state index in [9.17, 15) is 10.2 Å². The van der Waals surface area contributed by atoms with Crippen molar-refractivity contribution < 1.29 is 10.2 Å². The molecule has 0 aliphatic carbocycles. The van der Waals surface area contributed by atoms with Crippen molar-refractivity contribution in [3.8, 4) is 0 Å². The van der Waals surface area contributed by atoms with Crippen LogP contribution in [0.4, 0.5) is 0 Å². The Hall–Kier alpha value is -0.470. The predicted octanol–water partition coefficient (Wildman–Crippen LogP) is 1.08. The third kappa shape index (κ3) is 2.53. The Morgan fingerprint density at radius 3 is 2.59 bits per heavy atom. The second-order valence-electron chi connectivity index (χ2n) is 4.82. The third-order valence-electron chi connectivity index (χ3n) is 3.60. The average molecular weight is 253 g/mol. The van der Waals surface area contributed by atoms with Crippen LogP contribution in [0.1, 0.15) is 17.5 Å². The first-order valence-electron chi connectivity index (χ1n) is 5.96. The predicted molar refractivity (Wildman–Crippen MR) is 71.8 cm³/mol. The van der Waals surface area contributed by atoms with Crippen LogP contribution in [0.15, 0.2) is 24.3 Å². The summed E-state index contributed by atoms with van der Waals surface area (Å²) in [6.07, 6.45) is 0.687. The Morgan fingerprint density at radius 1 is 1.41 bits per heavy atom. The summed E-state index contributed by atoms with van der Waals surface area (Å²) < 4.78 is 0. The zero-order chi connectivity index (χ0) is 12.5. The van der Waals surface area contributed by atoms with Crippen LogP contribution in [-0.2, 0) is 5.60 Å². The van der Waals surface area contributed by atoms with Gasteiger partial charge in [-0.05, 0) is 18.9 Å². The van der Waals surface area contributed by atoms with E-state index in [1.54, 1.807) is 0 Å². The van der Waals surface area contributed by atoms with Gasteiger partial charge in [0.05, 0.1) is 6.10 Å². The maximum Gasteiger partial charge on any atom is 0.118 e. The first-order valence-corrected chi connectivity index (χ1v) is 6.78. The lowest BCUT2D eigenvalue weighted by Crippen LogP contribution is -2.53. The zero-order valence-corrected chi connectivity index (χ0v) is 11.3. The van der Waals surface area contributed by atoms with Gasteiger partial charge in [-0.15, -0.1) is 9.24 Å². The number of aliphatic hydroxyl groups is 2. The van der Waals surface area contributed by atoms with Gasteiger partial charge in [0, 0.05) is 19.4 Å². The monoisotopic (exact) mass is 253 g/mol. The highest BCUT2D eigenvalue weighted by molar-refractivity contribution is 7.16. The molecule has 1 fully saturated rings. The molecule has 3 unspecified atom stereocenters. The standard InChI is InChI=1S/C13H20NO2P/c1-10-2-4-11(5-3-10)13(16)6-7-14(9-17)8-12(13)15/h2-5,12,15-16H,6-9,17H2,1H3. The van der Waals surface area contributed by atoms with Gasteiger partial charge in [0.15, 0.2) is 0 Å².